The Morgan fingerprint density at radius 3 is 1.78 bits per heavy atom. The first-order valence-corrected chi connectivity index (χ1v) is 2.70. The molecule has 0 aliphatic carbocycles. The molecule has 0 saturated heterocycles. The van der Waals surface area contributed by atoms with Crippen LogP contribution in [0.2, 0.25) is 0 Å². The van der Waals surface area contributed by atoms with Crippen molar-refractivity contribution >= 4 is 0 Å². The molecule has 0 radical (unpaired) electrons. The molecule has 0 aliphatic rings. The van der Waals surface area contributed by atoms with E-state index in [2.05, 4.69) is 0 Å². The molecule has 56 valence electrons. The molecule has 0 heterocycles. The van der Waals surface area contributed by atoms with Crippen molar-refractivity contribution in [3.05, 3.63) is 0 Å². The van der Waals surface area contributed by atoms with Gasteiger partial charge in [-0.3, -0.25) is 0 Å². The van der Waals surface area contributed by atoms with Gasteiger partial charge in [0.25, 0.3) is 6.43 Å². The number of hydrazine groups is 1. The topological polar surface area (TPSA) is 6.48 Å². The van der Waals surface area contributed by atoms with E-state index in [4.69, 9.17) is 0 Å². The zero-order valence-corrected chi connectivity index (χ0v) is 5.93. The summed E-state index contributed by atoms with van der Waals surface area (Å²) in [5, 5.41) is 3.07. The Balaban J connectivity index is 3.38. The highest BCUT2D eigenvalue weighted by molar-refractivity contribution is 4.44. The molecule has 0 spiro atoms. The van der Waals surface area contributed by atoms with Crippen LogP contribution in [0.15, 0.2) is 0 Å². The van der Waals surface area contributed by atoms with Crippen molar-refractivity contribution in [3.63, 3.8) is 0 Å². The first-order valence-electron chi connectivity index (χ1n) is 2.70. The Morgan fingerprint density at radius 2 is 1.67 bits per heavy atom. The molecule has 9 heavy (non-hydrogen) atoms. The van der Waals surface area contributed by atoms with Gasteiger partial charge in [-0.15, -0.1) is 0 Å². The molecule has 4 heteroatoms. The van der Waals surface area contributed by atoms with Crippen LogP contribution in [0.4, 0.5) is 8.78 Å². The normalized spacial score (nSPS) is 12.0. The molecule has 0 aromatic heterocycles. The summed E-state index contributed by atoms with van der Waals surface area (Å²) in [4.78, 5) is 0. The third-order valence-electron chi connectivity index (χ3n) is 1.09. The highest BCUT2D eigenvalue weighted by Gasteiger charge is 2.07. The van der Waals surface area contributed by atoms with E-state index in [0.717, 1.165) is 0 Å². The minimum Gasteiger partial charge on any atom is -0.248 e. The first kappa shape index (κ1) is 8.78. The van der Waals surface area contributed by atoms with Gasteiger partial charge in [0.05, 0.1) is 6.54 Å². The maximum absolute atomic E-state index is 11.6. The summed E-state index contributed by atoms with van der Waals surface area (Å²) in [6.07, 6.45) is -2.25. The molecule has 0 atom stereocenters. The van der Waals surface area contributed by atoms with E-state index in [1.54, 1.807) is 26.2 Å². The molecular weight excluding hydrogens is 126 g/mol. The number of halogens is 2. The van der Waals surface area contributed by atoms with Gasteiger partial charge in [0.2, 0.25) is 0 Å². The Morgan fingerprint density at radius 1 is 1.22 bits per heavy atom. The van der Waals surface area contributed by atoms with Crippen LogP contribution in [0.25, 0.3) is 0 Å². The smallest absolute Gasteiger partial charge is 0.248 e. The number of rotatable bonds is 3. The van der Waals surface area contributed by atoms with Crippen LogP contribution < -0.4 is 0 Å². The number of alkyl halides is 2. The summed E-state index contributed by atoms with van der Waals surface area (Å²) in [7, 11) is 5.07. The Kier molecular flexibility index (Phi) is 3.65. The third kappa shape index (κ3) is 4.29. The van der Waals surface area contributed by atoms with Crippen LogP contribution in [-0.2, 0) is 0 Å². The predicted molar refractivity (Wildman–Crippen MR) is 32.3 cm³/mol. The van der Waals surface area contributed by atoms with Crippen molar-refractivity contribution in [1.82, 2.24) is 10.0 Å². The zero-order chi connectivity index (χ0) is 7.44. The summed E-state index contributed by atoms with van der Waals surface area (Å²) in [5.41, 5.74) is 0. The van der Waals surface area contributed by atoms with Gasteiger partial charge >= 0.3 is 0 Å². The van der Waals surface area contributed by atoms with Gasteiger partial charge in [-0.1, -0.05) is 0 Å². The molecule has 0 bridgehead atoms. The van der Waals surface area contributed by atoms with Crippen LogP contribution in [0.3, 0.4) is 0 Å². The molecule has 0 aromatic carbocycles. The van der Waals surface area contributed by atoms with E-state index < -0.39 is 6.43 Å². The fourth-order valence-corrected chi connectivity index (χ4v) is 0.363. The number of hydrogen-bond acceptors (Lipinski definition) is 2. The van der Waals surface area contributed by atoms with Gasteiger partial charge in [-0.25, -0.2) is 18.8 Å². The molecule has 0 aliphatic heterocycles. The van der Waals surface area contributed by atoms with Crippen LogP contribution in [0.1, 0.15) is 0 Å². The maximum Gasteiger partial charge on any atom is 0.252 e. The van der Waals surface area contributed by atoms with Crippen molar-refractivity contribution in [2.75, 3.05) is 27.7 Å². The van der Waals surface area contributed by atoms with Crippen molar-refractivity contribution in [2.24, 2.45) is 0 Å². The molecule has 0 saturated carbocycles. The van der Waals surface area contributed by atoms with Crippen molar-refractivity contribution in [2.45, 2.75) is 6.43 Å². The lowest BCUT2D eigenvalue weighted by atomic mass is 10.6. The molecule has 2 nitrogen and oxygen atoms in total. The van der Waals surface area contributed by atoms with Gasteiger partial charge in [-0.05, 0) is 0 Å². The summed E-state index contributed by atoms with van der Waals surface area (Å²) in [6.45, 7) is -0.201. The largest absolute Gasteiger partial charge is 0.252 e. The number of nitrogens with zero attached hydrogens (tertiary/aromatic N) is 2. The molecule has 0 amide bonds. The second-order valence-electron chi connectivity index (χ2n) is 2.08. The van der Waals surface area contributed by atoms with Gasteiger partial charge < -0.3 is 0 Å². The molecule has 0 aromatic rings. The van der Waals surface area contributed by atoms with Crippen molar-refractivity contribution in [1.29, 1.82) is 0 Å². The standard InChI is InChI=1S/C5H12F2N2/c1-8(2)9(3)4-5(6)7/h5H,4H2,1-3H3. The van der Waals surface area contributed by atoms with E-state index in [1.165, 1.54) is 5.01 Å². The highest BCUT2D eigenvalue weighted by Crippen LogP contribution is 1.95. The van der Waals surface area contributed by atoms with Gasteiger partial charge in [-0.2, -0.15) is 0 Å². The summed E-state index contributed by atoms with van der Waals surface area (Å²) in [5.74, 6) is 0. The highest BCUT2D eigenvalue weighted by atomic mass is 19.3. The van der Waals surface area contributed by atoms with Crippen LogP contribution in [0, 0.1) is 0 Å². The van der Waals surface area contributed by atoms with E-state index in [1.807, 2.05) is 0 Å². The number of hydrogen-bond donors (Lipinski definition) is 0. The Bertz CT molecular complexity index is 75.4. The van der Waals surface area contributed by atoms with Crippen LogP contribution in [0.5, 0.6) is 0 Å². The van der Waals surface area contributed by atoms with Gasteiger partial charge in [0, 0.05) is 21.1 Å². The second kappa shape index (κ2) is 3.74. The lowest BCUT2D eigenvalue weighted by Crippen LogP contribution is -2.36. The average molecular weight is 138 g/mol. The quantitative estimate of drug-likeness (QED) is 0.528. The summed E-state index contributed by atoms with van der Waals surface area (Å²) in [6, 6.07) is 0. The second-order valence-corrected chi connectivity index (χ2v) is 2.08. The monoisotopic (exact) mass is 138 g/mol. The molecule has 0 fully saturated rings. The van der Waals surface area contributed by atoms with Crippen molar-refractivity contribution < 1.29 is 8.78 Å². The van der Waals surface area contributed by atoms with Gasteiger partial charge in [0.15, 0.2) is 0 Å². The van der Waals surface area contributed by atoms with E-state index in [-0.39, 0.29) is 6.54 Å². The molecule has 0 rings (SSSR count). The fraction of sp³-hybridized carbons (Fsp3) is 1.00. The molecule has 0 unspecified atom stereocenters. The minimum atomic E-state index is -2.25. The van der Waals surface area contributed by atoms with E-state index in [9.17, 15) is 8.78 Å². The van der Waals surface area contributed by atoms with Crippen molar-refractivity contribution in [3.8, 4) is 0 Å². The first-order chi connectivity index (χ1) is 4.04. The van der Waals surface area contributed by atoms with E-state index in [0.29, 0.717) is 0 Å². The Hall–Kier alpha value is -0.220. The minimum absolute atomic E-state index is 0.201. The lowest BCUT2D eigenvalue weighted by Gasteiger charge is -2.23. The average Bonchev–Trinajstić information content (AvgIpc) is 1.63. The lowest BCUT2D eigenvalue weighted by molar-refractivity contribution is -0.00472. The van der Waals surface area contributed by atoms with Gasteiger partial charge in [0.1, 0.15) is 0 Å². The maximum atomic E-state index is 11.6. The van der Waals surface area contributed by atoms with Crippen LogP contribution >= 0.6 is 0 Å². The summed E-state index contributed by atoms with van der Waals surface area (Å²) >= 11 is 0. The Labute approximate surface area is 54.0 Å². The van der Waals surface area contributed by atoms with Crippen LogP contribution in [-0.4, -0.2) is 44.1 Å². The predicted octanol–water partition coefficient (Wildman–Crippen LogP) is 0.660. The third-order valence-corrected chi connectivity index (χ3v) is 1.09. The summed E-state index contributed by atoms with van der Waals surface area (Å²) < 4.78 is 23.2. The molecule has 0 N–H and O–H groups in total. The SMILES string of the molecule is CN(C)N(C)CC(F)F. The molecular formula is C5H12F2N2. The fourth-order valence-electron chi connectivity index (χ4n) is 0.363. The van der Waals surface area contributed by atoms with E-state index >= 15 is 0 Å². The zero-order valence-electron chi connectivity index (χ0n) is 5.93.